The van der Waals surface area contributed by atoms with Gasteiger partial charge in [-0.05, 0) is 36.8 Å². The van der Waals surface area contributed by atoms with Gasteiger partial charge in [-0.1, -0.05) is 30.9 Å². The number of carboxylic acid groups (broad SMARTS) is 1. The minimum atomic E-state index is -1.38. The number of carbonyl (C=O) groups is 1. The smallest absolute Gasteiger partial charge is 0.313 e. The van der Waals surface area contributed by atoms with Gasteiger partial charge in [0.05, 0.1) is 18.2 Å². The second kappa shape index (κ2) is 9.34. The van der Waals surface area contributed by atoms with Gasteiger partial charge < -0.3 is 15.3 Å². The molecule has 0 amide bonds. The summed E-state index contributed by atoms with van der Waals surface area (Å²) < 4.78 is 13.0. The Kier molecular flexibility index (Phi) is 7.13. The molecule has 28 heavy (non-hydrogen) atoms. The number of tetrazole rings is 1. The zero-order chi connectivity index (χ0) is 20.8. The molecule has 0 bridgehead atoms. The van der Waals surface area contributed by atoms with E-state index in [1.54, 1.807) is 0 Å². The van der Waals surface area contributed by atoms with E-state index in [9.17, 15) is 24.5 Å². The molecule has 2 rings (SSSR count). The molecular formula is C19H23FN4O4. The Labute approximate surface area is 161 Å². The summed E-state index contributed by atoms with van der Waals surface area (Å²) in [6.45, 7) is 7.60. The fourth-order valence-electron chi connectivity index (χ4n) is 2.54. The van der Waals surface area contributed by atoms with Crippen molar-refractivity contribution in [1.82, 2.24) is 20.2 Å². The van der Waals surface area contributed by atoms with E-state index in [4.69, 9.17) is 0 Å². The third kappa shape index (κ3) is 5.54. The summed E-state index contributed by atoms with van der Waals surface area (Å²) in [4.78, 5) is 12.9. The van der Waals surface area contributed by atoms with Crippen molar-refractivity contribution in [2.75, 3.05) is 0 Å². The zero-order valence-electron chi connectivity index (χ0n) is 15.6. The van der Waals surface area contributed by atoms with E-state index in [-0.39, 0.29) is 18.0 Å². The number of aromatic nitrogens is 4. The first-order valence-corrected chi connectivity index (χ1v) is 8.70. The van der Waals surface area contributed by atoms with Gasteiger partial charge in [-0.25, -0.2) is 4.39 Å². The van der Waals surface area contributed by atoms with Crippen LogP contribution in [0.1, 0.15) is 43.6 Å². The fourth-order valence-corrected chi connectivity index (χ4v) is 2.54. The quantitative estimate of drug-likeness (QED) is 0.560. The number of aliphatic carboxylic acids is 1. The van der Waals surface area contributed by atoms with Crippen molar-refractivity contribution in [1.29, 1.82) is 0 Å². The Morgan fingerprint density at radius 2 is 1.93 bits per heavy atom. The number of nitrogens with zero attached hydrogens (tertiary/aromatic N) is 4. The molecule has 2 aromatic rings. The van der Waals surface area contributed by atoms with Crippen LogP contribution in [0.3, 0.4) is 0 Å². The average molecular weight is 390 g/mol. The molecule has 1 aromatic carbocycles. The number of carboxylic acids is 1. The molecular weight excluding hydrogens is 367 g/mol. The third-order valence-electron chi connectivity index (χ3n) is 4.06. The standard InChI is InChI=1S/C19H23FN4O4/c1-11(2)24-22-18(21-23-24)12(3)4-9-15(25)10-16(26)17(19(27)28)13-5-7-14(20)8-6-13/h4-9,11,15-17,25-26H,3,10H2,1-2H3,(H,27,28). The van der Waals surface area contributed by atoms with Crippen molar-refractivity contribution in [2.24, 2.45) is 0 Å². The van der Waals surface area contributed by atoms with Gasteiger partial charge >= 0.3 is 5.97 Å². The lowest BCUT2D eigenvalue weighted by atomic mass is 9.90. The molecule has 0 aliphatic heterocycles. The Morgan fingerprint density at radius 1 is 1.29 bits per heavy atom. The van der Waals surface area contributed by atoms with Crippen LogP contribution in [0.2, 0.25) is 0 Å². The number of aliphatic hydroxyl groups excluding tert-OH is 2. The number of benzene rings is 1. The highest BCUT2D eigenvalue weighted by molar-refractivity contribution is 5.76. The summed E-state index contributed by atoms with van der Waals surface area (Å²) in [5.41, 5.74) is 0.658. The Bertz CT molecular complexity index is 848. The molecule has 9 heteroatoms. The van der Waals surface area contributed by atoms with Crippen LogP contribution >= 0.6 is 0 Å². The maximum absolute atomic E-state index is 13.0. The second-order valence-corrected chi connectivity index (χ2v) is 6.65. The molecule has 1 heterocycles. The molecule has 0 radical (unpaired) electrons. The molecule has 0 saturated heterocycles. The average Bonchev–Trinajstić information content (AvgIpc) is 3.12. The number of halogens is 1. The van der Waals surface area contributed by atoms with Gasteiger partial charge in [-0.2, -0.15) is 4.80 Å². The van der Waals surface area contributed by atoms with E-state index < -0.39 is 29.9 Å². The zero-order valence-corrected chi connectivity index (χ0v) is 15.6. The van der Waals surface area contributed by atoms with E-state index >= 15 is 0 Å². The lowest BCUT2D eigenvalue weighted by molar-refractivity contribution is -0.142. The minimum Gasteiger partial charge on any atom is -0.481 e. The number of aliphatic hydroxyl groups is 2. The van der Waals surface area contributed by atoms with E-state index in [0.717, 1.165) is 12.1 Å². The van der Waals surface area contributed by atoms with Gasteiger partial charge in [0.2, 0.25) is 5.82 Å². The van der Waals surface area contributed by atoms with E-state index in [0.29, 0.717) is 11.4 Å². The number of hydrogen-bond donors (Lipinski definition) is 3. The molecule has 3 N–H and O–H groups in total. The normalized spacial score (nSPS) is 14.9. The van der Waals surface area contributed by atoms with Crippen molar-refractivity contribution in [3.8, 4) is 0 Å². The summed E-state index contributed by atoms with van der Waals surface area (Å²) in [5, 5.41) is 41.7. The first kappa shape index (κ1) is 21.4. The molecule has 0 aliphatic carbocycles. The summed E-state index contributed by atoms with van der Waals surface area (Å²) in [6.07, 6.45) is 0.104. The lowest BCUT2D eigenvalue weighted by Gasteiger charge is -2.21. The van der Waals surface area contributed by atoms with Gasteiger partial charge in [0.25, 0.3) is 0 Å². The Hall–Kier alpha value is -2.91. The summed E-state index contributed by atoms with van der Waals surface area (Å²) >= 11 is 0. The monoisotopic (exact) mass is 390 g/mol. The number of rotatable bonds is 9. The second-order valence-electron chi connectivity index (χ2n) is 6.65. The van der Waals surface area contributed by atoms with Crippen LogP contribution in [0.4, 0.5) is 4.39 Å². The van der Waals surface area contributed by atoms with Crippen LogP contribution in [0.15, 0.2) is 43.0 Å². The maximum atomic E-state index is 13.0. The fraction of sp³-hybridized carbons (Fsp3) is 0.368. The van der Waals surface area contributed by atoms with Crippen LogP contribution in [0.25, 0.3) is 5.57 Å². The summed E-state index contributed by atoms with van der Waals surface area (Å²) in [5.74, 6) is -2.77. The van der Waals surface area contributed by atoms with E-state index in [2.05, 4.69) is 22.0 Å². The van der Waals surface area contributed by atoms with Gasteiger partial charge in [-0.15, -0.1) is 10.2 Å². The molecule has 0 saturated carbocycles. The highest BCUT2D eigenvalue weighted by Gasteiger charge is 2.29. The van der Waals surface area contributed by atoms with Crippen molar-refractivity contribution in [2.45, 2.75) is 44.4 Å². The lowest BCUT2D eigenvalue weighted by Crippen LogP contribution is -2.29. The van der Waals surface area contributed by atoms with E-state index in [1.807, 2.05) is 13.8 Å². The van der Waals surface area contributed by atoms with Gasteiger partial charge in [0.15, 0.2) is 0 Å². The largest absolute Gasteiger partial charge is 0.481 e. The molecule has 0 aliphatic rings. The Balaban J connectivity index is 2.02. The molecule has 3 unspecified atom stereocenters. The summed E-state index contributed by atoms with van der Waals surface area (Å²) in [6, 6.07) is 4.87. The highest BCUT2D eigenvalue weighted by atomic mass is 19.1. The topological polar surface area (TPSA) is 121 Å². The molecule has 8 nitrogen and oxygen atoms in total. The molecule has 0 spiro atoms. The number of hydrogen-bond acceptors (Lipinski definition) is 6. The SMILES string of the molecule is C=C(C=CC(O)CC(O)C(C(=O)O)c1ccc(F)cc1)c1nnn(C(C)C)n1. The third-order valence-corrected chi connectivity index (χ3v) is 4.06. The molecule has 3 atom stereocenters. The van der Waals surface area contributed by atoms with E-state index in [1.165, 1.54) is 29.1 Å². The van der Waals surface area contributed by atoms with Crippen LogP contribution in [-0.4, -0.2) is 53.7 Å². The minimum absolute atomic E-state index is 0.0400. The van der Waals surface area contributed by atoms with Crippen molar-refractivity contribution >= 4 is 11.5 Å². The van der Waals surface area contributed by atoms with Crippen molar-refractivity contribution < 1.29 is 24.5 Å². The predicted octanol–water partition coefficient (Wildman–Crippen LogP) is 1.94. The Morgan fingerprint density at radius 3 is 2.46 bits per heavy atom. The molecule has 150 valence electrons. The summed E-state index contributed by atoms with van der Waals surface area (Å²) in [7, 11) is 0. The van der Waals surface area contributed by atoms with Crippen molar-refractivity contribution in [3.63, 3.8) is 0 Å². The highest BCUT2D eigenvalue weighted by Crippen LogP contribution is 2.24. The van der Waals surface area contributed by atoms with Crippen molar-refractivity contribution in [3.05, 3.63) is 60.2 Å². The van der Waals surface area contributed by atoms with Crippen LogP contribution < -0.4 is 0 Å². The van der Waals surface area contributed by atoms with Crippen LogP contribution in [0.5, 0.6) is 0 Å². The maximum Gasteiger partial charge on any atom is 0.313 e. The van der Waals surface area contributed by atoms with Gasteiger partial charge in [0, 0.05) is 12.0 Å². The van der Waals surface area contributed by atoms with Crippen LogP contribution in [0, 0.1) is 5.82 Å². The first-order chi connectivity index (χ1) is 13.2. The van der Waals surface area contributed by atoms with Gasteiger partial charge in [0.1, 0.15) is 11.7 Å². The van der Waals surface area contributed by atoms with Gasteiger partial charge in [-0.3, -0.25) is 4.79 Å². The first-order valence-electron chi connectivity index (χ1n) is 8.70. The molecule has 0 fully saturated rings. The number of allylic oxidation sites excluding steroid dienone is 2. The predicted molar refractivity (Wildman–Crippen MR) is 99.8 cm³/mol. The molecule has 1 aromatic heterocycles. The van der Waals surface area contributed by atoms with Crippen LogP contribution in [-0.2, 0) is 4.79 Å².